The summed E-state index contributed by atoms with van der Waals surface area (Å²) in [5.41, 5.74) is 11.2. The first-order valence-corrected chi connectivity index (χ1v) is 6.88. The van der Waals surface area contributed by atoms with Crippen molar-refractivity contribution in [3.8, 4) is 0 Å². The standard InChI is InChI=1S/C12H15N5O3S/c1-20-12(19)7-8(13)9(10(14)18)21-11(7)15-4-6-17-5-2-3-16-17/h2-3,5,15H,4,6,13H2,1H3,(H2,14,18). The molecule has 0 bridgehead atoms. The summed E-state index contributed by atoms with van der Waals surface area (Å²) >= 11 is 1.03. The molecule has 2 aromatic heterocycles. The lowest BCUT2D eigenvalue weighted by Crippen LogP contribution is -2.14. The first-order valence-electron chi connectivity index (χ1n) is 6.06. The van der Waals surface area contributed by atoms with Gasteiger partial charge in [0, 0.05) is 18.9 Å². The number of nitrogens with one attached hydrogen (secondary N) is 1. The Labute approximate surface area is 124 Å². The van der Waals surface area contributed by atoms with Gasteiger partial charge in [0.1, 0.15) is 15.4 Å². The fourth-order valence-electron chi connectivity index (χ4n) is 1.77. The van der Waals surface area contributed by atoms with Gasteiger partial charge in [-0.25, -0.2) is 4.79 Å². The minimum atomic E-state index is -0.678. The number of hydrogen-bond donors (Lipinski definition) is 3. The maximum absolute atomic E-state index is 11.8. The van der Waals surface area contributed by atoms with Crippen molar-refractivity contribution in [2.24, 2.45) is 5.73 Å². The van der Waals surface area contributed by atoms with Crippen molar-refractivity contribution in [1.29, 1.82) is 0 Å². The maximum Gasteiger partial charge on any atom is 0.343 e. The molecule has 0 aliphatic heterocycles. The van der Waals surface area contributed by atoms with E-state index in [0.29, 0.717) is 18.1 Å². The van der Waals surface area contributed by atoms with E-state index in [-0.39, 0.29) is 16.1 Å². The first kappa shape index (κ1) is 14.9. The summed E-state index contributed by atoms with van der Waals surface area (Å²) in [6, 6.07) is 1.81. The van der Waals surface area contributed by atoms with Gasteiger partial charge in [-0.15, -0.1) is 11.3 Å². The van der Waals surface area contributed by atoms with Crippen molar-refractivity contribution >= 4 is 33.9 Å². The van der Waals surface area contributed by atoms with E-state index < -0.39 is 11.9 Å². The lowest BCUT2D eigenvalue weighted by Gasteiger charge is -2.07. The highest BCUT2D eigenvalue weighted by Crippen LogP contribution is 2.35. The third-order valence-electron chi connectivity index (χ3n) is 2.74. The number of carbonyl (C=O) groups is 2. The SMILES string of the molecule is COC(=O)c1c(NCCn2cccn2)sc(C(N)=O)c1N. The first-order chi connectivity index (χ1) is 10.0. The molecular formula is C12H15N5O3S. The summed E-state index contributed by atoms with van der Waals surface area (Å²) in [7, 11) is 1.25. The number of hydrogen-bond acceptors (Lipinski definition) is 7. The lowest BCUT2D eigenvalue weighted by atomic mass is 10.2. The van der Waals surface area contributed by atoms with E-state index in [4.69, 9.17) is 11.5 Å². The minimum absolute atomic E-state index is 0.0425. The predicted octanol–water partition coefficient (Wildman–Crippen LogP) is 0.524. The number of methoxy groups -OCH3 is 1. The van der Waals surface area contributed by atoms with Crippen LogP contribution in [0, 0.1) is 0 Å². The average molecular weight is 309 g/mol. The highest BCUT2D eigenvalue weighted by Gasteiger charge is 2.24. The van der Waals surface area contributed by atoms with Gasteiger partial charge in [-0.2, -0.15) is 5.10 Å². The summed E-state index contributed by atoms with van der Waals surface area (Å²) in [6.07, 6.45) is 3.49. The number of rotatable bonds is 6. The van der Waals surface area contributed by atoms with Gasteiger partial charge < -0.3 is 21.5 Å². The molecule has 2 heterocycles. The van der Waals surface area contributed by atoms with Crippen LogP contribution in [0.1, 0.15) is 20.0 Å². The zero-order chi connectivity index (χ0) is 15.4. The maximum atomic E-state index is 11.8. The van der Waals surface area contributed by atoms with Crippen LogP contribution in [-0.4, -0.2) is 35.3 Å². The Morgan fingerprint density at radius 1 is 1.52 bits per heavy atom. The zero-order valence-corrected chi connectivity index (χ0v) is 12.1. The molecule has 21 heavy (non-hydrogen) atoms. The van der Waals surface area contributed by atoms with Gasteiger partial charge >= 0.3 is 5.97 Å². The second-order valence-electron chi connectivity index (χ2n) is 4.10. The number of esters is 1. The van der Waals surface area contributed by atoms with Crippen LogP contribution in [0.25, 0.3) is 0 Å². The minimum Gasteiger partial charge on any atom is -0.465 e. The van der Waals surface area contributed by atoms with Crippen molar-refractivity contribution < 1.29 is 14.3 Å². The van der Waals surface area contributed by atoms with E-state index in [0.717, 1.165) is 11.3 Å². The molecular weight excluding hydrogens is 294 g/mol. The molecule has 5 N–H and O–H groups in total. The Balaban J connectivity index is 2.18. The van der Waals surface area contributed by atoms with E-state index in [1.807, 2.05) is 12.3 Å². The Kier molecular flexibility index (Phi) is 4.43. The molecule has 112 valence electrons. The van der Waals surface area contributed by atoms with Gasteiger partial charge in [-0.1, -0.05) is 0 Å². The van der Waals surface area contributed by atoms with Crippen molar-refractivity contribution in [1.82, 2.24) is 9.78 Å². The van der Waals surface area contributed by atoms with Crippen LogP contribution in [0.2, 0.25) is 0 Å². The second-order valence-corrected chi connectivity index (χ2v) is 5.12. The normalized spacial score (nSPS) is 10.3. The molecule has 0 aliphatic carbocycles. The fourth-order valence-corrected chi connectivity index (χ4v) is 2.76. The van der Waals surface area contributed by atoms with E-state index in [1.165, 1.54) is 7.11 Å². The fraction of sp³-hybridized carbons (Fsp3) is 0.250. The van der Waals surface area contributed by atoms with E-state index in [2.05, 4.69) is 15.2 Å². The molecule has 0 saturated heterocycles. The third kappa shape index (κ3) is 3.14. The average Bonchev–Trinajstić information content (AvgIpc) is 3.06. The number of aromatic nitrogens is 2. The predicted molar refractivity (Wildman–Crippen MR) is 79.3 cm³/mol. The number of primary amides is 1. The van der Waals surface area contributed by atoms with Crippen molar-refractivity contribution in [3.63, 3.8) is 0 Å². The number of nitrogens with zero attached hydrogens (tertiary/aromatic N) is 2. The largest absolute Gasteiger partial charge is 0.465 e. The monoisotopic (exact) mass is 309 g/mol. The number of nitrogen functional groups attached to an aromatic ring is 1. The number of ether oxygens (including phenoxy) is 1. The smallest absolute Gasteiger partial charge is 0.343 e. The zero-order valence-electron chi connectivity index (χ0n) is 11.3. The number of anilines is 2. The topological polar surface area (TPSA) is 125 Å². The molecule has 0 unspecified atom stereocenters. The van der Waals surface area contributed by atoms with Crippen LogP contribution in [0.5, 0.6) is 0 Å². The van der Waals surface area contributed by atoms with Crippen LogP contribution < -0.4 is 16.8 Å². The second kappa shape index (κ2) is 6.27. The number of carbonyl (C=O) groups excluding carboxylic acids is 2. The van der Waals surface area contributed by atoms with E-state index in [1.54, 1.807) is 10.9 Å². The van der Waals surface area contributed by atoms with Crippen LogP contribution in [0.3, 0.4) is 0 Å². The van der Waals surface area contributed by atoms with Crippen LogP contribution in [0.4, 0.5) is 10.7 Å². The molecule has 8 nitrogen and oxygen atoms in total. The summed E-state index contributed by atoms with van der Waals surface area (Å²) in [5.74, 6) is -1.29. The Hall–Kier alpha value is -2.55. The summed E-state index contributed by atoms with van der Waals surface area (Å²) in [4.78, 5) is 23.2. The van der Waals surface area contributed by atoms with E-state index in [9.17, 15) is 9.59 Å². The molecule has 0 radical (unpaired) electrons. The molecule has 0 fully saturated rings. The molecule has 0 atom stereocenters. The molecule has 0 aliphatic rings. The third-order valence-corrected chi connectivity index (χ3v) is 3.92. The number of nitrogens with two attached hydrogens (primary N) is 2. The van der Waals surface area contributed by atoms with Gasteiger partial charge in [-0.3, -0.25) is 9.48 Å². The summed E-state index contributed by atoms with van der Waals surface area (Å²) in [5, 5.41) is 7.57. The van der Waals surface area contributed by atoms with Crippen LogP contribution in [-0.2, 0) is 11.3 Å². The van der Waals surface area contributed by atoms with Crippen LogP contribution >= 0.6 is 11.3 Å². The van der Waals surface area contributed by atoms with Crippen molar-refractivity contribution in [3.05, 3.63) is 28.9 Å². The number of amides is 1. The molecule has 0 spiro atoms. The van der Waals surface area contributed by atoms with E-state index >= 15 is 0 Å². The van der Waals surface area contributed by atoms with Gasteiger partial charge in [0.25, 0.3) is 5.91 Å². The molecule has 0 aromatic carbocycles. The highest BCUT2D eigenvalue weighted by atomic mass is 32.1. The summed E-state index contributed by atoms with van der Waals surface area (Å²) < 4.78 is 6.41. The molecule has 9 heteroatoms. The number of thiophene rings is 1. The van der Waals surface area contributed by atoms with Crippen molar-refractivity contribution in [2.75, 3.05) is 24.7 Å². The molecule has 2 rings (SSSR count). The van der Waals surface area contributed by atoms with Crippen molar-refractivity contribution in [2.45, 2.75) is 6.54 Å². The molecule has 2 aromatic rings. The summed E-state index contributed by atoms with van der Waals surface area (Å²) in [6.45, 7) is 1.10. The highest BCUT2D eigenvalue weighted by molar-refractivity contribution is 7.19. The van der Waals surface area contributed by atoms with Crippen LogP contribution in [0.15, 0.2) is 18.5 Å². The Morgan fingerprint density at radius 2 is 2.29 bits per heavy atom. The quantitative estimate of drug-likeness (QED) is 0.668. The Morgan fingerprint density at radius 3 is 2.86 bits per heavy atom. The Bertz CT molecular complexity index is 650. The molecule has 1 amide bonds. The van der Waals surface area contributed by atoms with Gasteiger partial charge in [0.15, 0.2) is 0 Å². The van der Waals surface area contributed by atoms with Gasteiger partial charge in [-0.05, 0) is 6.07 Å². The van der Waals surface area contributed by atoms with Gasteiger partial charge in [0.05, 0.1) is 19.3 Å². The lowest BCUT2D eigenvalue weighted by molar-refractivity contribution is 0.0603. The van der Waals surface area contributed by atoms with Gasteiger partial charge in [0.2, 0.25) is 0 Å². The molecule has 0 saturated carbocycles.